The van der Waals surface area contributed by atoms with Crippen LogP contribution in [0.25, 0.3) is 0 Å². The standard InChI is InChI=1S/C24H29NO4/c1-25-10-9-24-17-12-16-14(5-4-6-15(16)23(26)28-3)22(24)29-21-19(27-2)8-7-13(20(21)24)11-18(17)25/h5,7-8,15-18,22H,4,6,9-12H2,1-3H3/t15?,16?,17-,18-,22-,24-/m0/s1. The van der Waals surface area contributed by atoms with E-state index in [-0.39, 0.29) is 29.3 Å². The van der Waals surface area contributed by atoms with E-state index in [4.69, 9.17) is 14.2 Å². The topological polar surface area (TPSA) is 48.0 Å². The van der Waals surface area contributed by atoms with Crippen molar-refractivity contribution in [2.75, 3.05) is 27.8 Å². The van der Waals surface area contributed by atoms with Crippen LogP contribution in [0, 0.1) is 17.8 Å². The van der Waals surface area contributed by atoms with Gasteiger partial charge in [0.1, 0.15) is 6.10 Å². The Kier molecular flexibility index (Phi) is 3.69. The van der Waals surface area contributed by atoms with Crippen LogP contribution in [-0.2, 0) is 21.4 Å². The van der Waals surface area contributed by atoms with Crippen molar-refractivity contribution in [1.29, 1.82) is 0 Å². The van der Waals surface area contributed by atoms with Gasteiger partial charge >= 0.3 is 5.97 Å². The summed E-state index contributed by atoms with van der Waals surface area (Å²) in [5, 5.41) is 0. The fourth-order valence-electron chi connectivity index (χ4n) is 7.50. The molecule has 29 heavy (non-hydrogen) atoms. The molecule has 0 aromatic heterocycles. The number of nitrogens with zero attached hydrogens (tertiary/aromatic N) is 1. The summed E-state index contributed by atoms with van der Waals surface area (Å²) in [5.74, 6) is 2.44. The van der Waals surface area contributed by atoms with Gasteiger partial charge in [0, 0.05) is 17.0 Å². The molecule has 3 aliphatic carbocycles. The highest BCUT2D eigenvalue weighted by Gasteiger charge is 2.66. The van der Waals surface area contributed by atoms with E-state index >= 15 is 0 Å². The Morgan fingerprint density at radius 3 is 2.97 bits per heavy atom. The molecule has 1 saturated carbocycles. The molecule has 0 radical (unpaired) electrons. The van der Waals surface area contributed by atoms with E-state index in [1.165, 1.54) is 23.8 Å². The number of allylic oxidation sites excluding steroid dienone is 1. The predicted molar refractivity (Wildman–Crippen MR) is 108 cm³/mol. The summed E-state index contributed by atoms with van der Waals surface area (Å²) >= 11 is 0. The monoisotopic (exact) mass is 395 g/mol. The van der Waals surface area contributed by atoms with Crippen molar-refractivity contribution in [3.63, 3.8) is 0 Å². The summed E-state index contributed by atoms with van der Waals surface area (Å²) in [6, 6.07) is 4.83. The van der Waals surface area contributed by atoms with E-state index in [0.717, 1.165) is 50.1 Å². The van der Waals surface area contributed by atoms with Gasteiger partial charge in [0.2, 0.25) is 0 Å². The molecule has 1 aromatic rings. The van der Waals surface area contributed by atoms with Crippen LogP contribution in [0.15, 0.2) is 23.8 Å². The molecular weight excluding hydrogens is 366 g/mol. The van der Waals surface area contributed by atoms with Gasteiger partial charge in [0.05, 0.1) is 20.1 Å². The zero-order chi connectivity index (χ0) is 19.9. The Labute approximate surface area is 172 Å². The van der Waals surface area contributed by atoms with Crippen molar-refractivity contribution in [3.05, 3.63) is 34.9 Å². The van der Waals surface area contributed by atoms with Crippen molar-refractivity contribution < 1.29 is 19.0 Å². The quantitative estimate of drug-likeness (QED) is 0.569. The summed E-state index contributed by atoms with van der Waals surface area (Å²) in [6.45, 7) is 1.09. The van der Waals surface area contributed by atoms with Crippen LogP contribution in [-0.4, -0.2) is 50.8 Å². The lowest BCUT2D eigenvalue weighted by Crippen LogP contribution is -2.65. The van der Waals surface area contributed by atoms with Gasteiger partial charge in [-0.2, -0.15) is 0 Å². The summed E-state index contributed by atoms with van der Waals surface area (Å²) in [7, 11) is 5.52. The second-order valence-corrected chi connectivity index (χ2v) is 9.53. The Balaban J connectivity index is 1.56. The fraction of sp³-hybridized carbons (Fsp3) is 0.625. The Bertz CT molecular complexity index is 924. The first kappa shape index (κ1) is 17.8. The van der Waals surface area contributed by atoms with E-state index in [1.807, 2.05) is 0 Å². The molecule has 2 unspecified atom stereocenters. The number of benzene rings is 1. The van der Waals surface area contributed by atoms with Crippen LogP contribution in [0.2, 0.25) is 0 Å². The zero-order valence-corrected chi connectivity index (χ0v) is 17.4. The molecular formula is C24H29NO4. The maximum Gasteiger partial charge on any atom is 0.309 e. The average Bonchev–Trinajstić information content (AvgIpc) is 3.10. The number of hydrogen-bond acceptors (Lipinski definition) is 5. The van der Waals surface area contributed by atoms with Crippen LogP contribution >= 0.6 is 0 Å². The SMILES string of the molecule is COC(=O)C1CCC=C2C1C[C@H]1[C@@H]3Cc4ccc(OC)c5c4[C@@]1(CCN3C)[C@H]2O5. The average molecular weight is 395 g/mol. The lowest BCUT2D eigenvalue weighted by atomic mass is 9.47. The molecule has 5 heteroatoms. The molecule has 2 bridgehead atoms. The molecule has 6 atom stereocenters. The molecule has 1 spiro atoms. The second-order valence-electron chi connectivity index (χ2n) is 9.53. The van der Waals surface area contributed by atoms with E-state index in [1.54, 1.807) is 7.11 Å². The summed E-state index contributed by atoms with van der Waals surface area (Å²) < 4.78 is 17.7. The largest absolute Gasteiger partial charge is 0.493 e. The number of piperidine rings is 1. The summed E-state index contributed by atoms with van der Waals surface area (Å²) in [6.07, 6.45) is 7.43. The predicted octanol–water partition coefficient (Wildman–Crippen LogP) is 3.10. The molecule has 5 nitrogen and oxygen atoms in total. The number of esters is 1. The lowest BCUT2D eigenvalue weighted by Gasteiger charge is -2.60. The smallest absolute Gasteiger partial charge is 0.309 e. The minimum Gasteiger partial charge on any atom is -0.493 e. The van der Waals surface area contributed by atoms with Crippen LogP contribution in [0.5, 0.6) is 11.5 Å². The molecule has 154 valence electrons. The number of carbonyl (C=O) groups is 1. The molecule has 0 amide bonds. The van der Waals surface area contributed by atoms with Crippen molar-refractivity contribution in [2.45, 2.75) is 49.7 Å². The summed E-state index contributed by atoms with van der Waals surface area (Å²) in [5.41, 5.74) is 4.21. The molecule has 2 fully saturated rings. The molecule has 2 heterocycles. The Hall–Kier alpha value is -2.01. The van der Waals surface area contributed by atoms with Crippen LogP contribution in [0.4, 0.5) is 0 Å². The van der Waals surface area contributed by atoms with Gasteiger partial charge in [0.15, 0.2) is 11.5 Å². The molecule has 6 rings (SSSR count). The molecule has 0 N–H and O–H groups in total. The van der Waals surface area contributed by atoms with Gasteiger partial charge in [-0.1, -0.05) is 12.1 Å². The number of carbonyl (C=O) groups excluding carboxylic acids is 1. The van der Waals surface area contributed by atoms with Crippen molar-refractivity contribution in [1.82, 2.24) is 4.90 Å². The third-order valence-electron chi connectivity index (χ3n) is 8.68. The Morgan fingerprint density at radius 1 is 1.31 bits per heavy atom. The highest BCUT2D eigenvalue weighted by atomic mass is 16.5. The molecule has 5 aliphatic rings. The minimum absolute atomic E-state index is 0.0228. The molecule has 1 saturated heterocycles. The minimum atomic E-state index is -0.0559. The first-order valence-corrected chi connectivity index (χ1v) is 10.9. The molecule has 1 aromatic carbocycles. The van der Waals surface area contributed by atoms with Gasteiger partial charge in [-0.25, -0.2) is 0 Å². The van der Waals surface area contributed by atoms with Gasteiger partial charge in [-0.05, 0) is 74.7 Å². The third-order valence-corrected chi connectivity index (χ3v) is 8.68. The van der Waals surface area contributed by atoms with E-state index in [0.29, 0.717) is 12.0 Å². The number of methoxy groups -OCH3 is 2. The van der Waals surface area contributed by atoms with Gasteiger partial charge in [0.25, 0.3) is 0 Å². The van der Waals surface area contributed by atoms with Crippen molar-refractivity contribution in [3.8, 4) is 11.5 Å². The van der Waals surface area contributed by atoms with E-state index < -0.39 is 0 Å². The number of ether oxygens (including phenoxy) is 3. The first-order valence-electron chi connectivity index (χ1n) is 10.9. The van der Waals surface area contributed by atoms with Crippen molar-refractivity contribution >= 4 is 5.97 Å². The normalized spacial score (nSPS) is 39.0. The van der Waals surface area contributed by atoms with Gasteiger partial charge in [-0.15, -0.1) is 0 Å². The number of likely N-dealkylation sites (N-methyl/N-ethyl adjacent to an activating group) is 1. The zero-order valence-electron chi connectivity index (χ0n) is 17.4. The van der Waals surface area contributed by atoms with E-state index in [2.05, 4.69) is 30.2 Å². The first-order chi connectivity index (χ1) is 14.1. The highest BCUT2D eigenvalue weighted by Crippen LogP contribution is 2.66. The number of rotatable bonds is 2. The molecule has 2 aliphatic heterocycles. The number of hydrogen-bond donors (Lipinski definition) is 0. The maximum absolute atomic E-state index is 12.6. The Morgan fingerprint density at radius 2 is 2.17 bits per heavy atom. The lowest BCUT2D eigenvalue weighted by molar-refractivity contribution is -0.149. The fourth-order valence-corrected chi connectivity index (χ4v) is 7.50. The van der Waals surface area contributed by atoms with Crippen molar-refractivity contribution in [2.24, 2.45) is 17.8 Å². The second kappa shape index (κ2) is 6.00. The van der Waals surface area contributed by atoms with Crippen LogP contribution in [0.3, 0.4) is 0 Å². The van der Waals surface area contributed by atoms with Gasteiger partial charge < -0.3 is 19.1 Å². The van der Waals surface area contributed by atoms with E-state index in [9.17, 15) is 4.79 Å². The van der Waals surface area contributed by atoms with Gasteiger partial charge in [-0.3, -0.25) is 4.79 Å². The van der Waals surface area contributed by atoms with Crippen LogP contribution < -0.4 is 9.47 Å². The van der Waals surface area contributed by atoms with Crippen LogP contribution in [0.1, 0.15) is 36.8 Å². The maximum atomic E-state index is 12.6. The third kappa shape index (κ3) is 2.07. The number of likely N-dealkylation sites (tertiary alicyclic amines) is 1. The summed E-state index contributed by atoms with van der Waals surface area (Å²) in [4.78, 5) is 15.2. The number of fused-ring (bicyclic) bond motifs is 2. The highest BCUT2D eigenvalue weighted by molar-refractivity contribution is 5.74.